The number of furan rings is 1. The molecule has 5 heteroatoms. The Morgan fingerprint density at radius 1 is 1.29 bits per heavy atom. The lowest BCUT2D eigenvalue weighted by Gasteiger charge is -2.31. The summed E-state index contributed by atoms with van der Waals surface area (Å²) in [7, 11) is 2.27. The molecule has 1 aromatic heterocycles. The van der Waals surface area contributed by atoms with Gasteiger partial charge in [-0.15, -0.1) is 0 Å². The average Bonchev–Trinajstić information content (AvgIpc) is 3.12. The molecular weight excluding hydrogens is 300 g/mol. The maximum absolute atomic E-state index is 5.35. The van der Waals surface area contributed by atoms with Gasteiger partial charge in [0.1, 0.15) is 5.76 Å². The summed E-state index contributed by atoms with van der Waals surface area (Å²) < 4.78 is 5.35. The first-order chi connectivity index (χ1) is 11.8. The molecule has 0 aliphatic heterocycles. The van der Waals surface area contributed by atoms with E-state index in [1.165, 1.54) is 32.1 Å². The van der Waals surface area contributed by atoms with Gasteiger partial charge in [-0.1, -0.05) is 19.3 Å². The molecule has 0 atom stereocenters. The molecule has 1 aromatic rings. The smallest absolute Gasteiger partial charge is 0.191 e. The van der Waals surface area contributed by atoms with E-state index in [1.54, 1.807) is 6.26 Å². The molecule has 0 bridgehead atoms. The second-order valence-electron chi connectivity index (χ2n) is 6.64. The van der Waals surface area contributed by atoms with E-state index in [0.29, 0.717) is 0 Å². The van der Waals surface area contributed by atoms with Crippen molar-refractivity contribution in [1.29, 1.82) is 0 Å². The lowest BCUT2D eigenvalue weighted by atomic mass is 9.94. The van der Waals surface area contributed by atoms with Crippen molar-refractivity contribution < 1.29 is 4.42 Å². The summed E-state index contributed by atoms with van der Waals surface area (Å²) in [4.78, 5) is 7.22. The maximum atomic E-state index is 5.35. The molecule has 0 amide bonds. The van der Waals surface area contributed by atoms with Gasteiger partial charge in [0.05, 0.1) is 6.26 Å². The van der Waals surface area contributed by atoms with E-state index in [0.717, 1.165) is 56.8 Å². The molecule has 24 heavy (non-hydrogen) atoms. The third kappa shape index (κ3) is 6.95. The van der Waals surface area contributed by atoms with E-state index in [9.17, 15) is 0 Å². The largest absolute Gasteiger partial charge is 0.469 e. The van der Waals surface area contributed by atoms with Gasteiger partial charge in [0, 0.05) is 32.1 Å². The highest BCUT2D eigenvalue weighted by molar-refractivity contribution is 5.79. The van der Waals surface area contributed by atoms with Crippen molar-refractivity contribution in [3.05, 3.63) is 24.2 Å². The van der Waals surface area contributed by atoms with Crippen molar-refractivity contribution in [1.82, 2.24) is 15.5 Å². The molecule has 1 aliphatic carbocycles. The standard InChI is InChI=1S/C19H34N4O/c1-3-20-19(22-14-12-18-11-7-16-24-18)21-13-8-15-23(2)17-9-5-4-6-10-17/h7,11,16-17H,3-6,8-10,12-15H2,1-2H3,(H2,20,21,22). The van der Waals surface area contributed by atoms with Crippen LogP contribution in [-0.2, 0) is 6.42 Å². The zero-order chi connectivity index (χ0) is 17.0. The Morgan fingerprint density at radius 3 is 2.83 bits per heavy atom. The molecule has 1 aliphatic rings. The van der Waals surface area contributed by atoms with Crippen LogP contribution in [0.2, 0.25) is 0 Å². The first-order valence-corrected chi connectivity index (χ1v) is 9.54. The quantitative estimate of drug-likeness (QED) is 0.414. The predicted molar refractivity (Wildman–Crippen MR) is 101 cm³/mol. The number of hydrogen-bond acceptors (Lipinski definition) is 3. The van der Waals surface area contributed by atoms with Crippen LogP contribution in [-0.4, -0.2) is 50.1 Å². The van der Waals surface area contributed by atoms with Crippen molar-refractivity contribution in [2.45, 2.75) is 57.9 Å². The van der Waals surface area contributed by atoms with Gasteiger partial charge in [0.15, 0.2) is 5.96 Å². The third-order valence-electron chi connectivity index (χ3n) is 4.73. The molecule has 0 unspecified atom stereocenters. The highest BCUT2D eigenvalue weighted by Crippen LogP contribution is 2.21. The Hall–Kier alpha value is -1.49. The Bertz CT molecular complexity index is 452. The summed E-state index contributed by atoms with van der Waals surface area (Å²) in [5.41, 5.74) is 0. The average molecular weight is 335 g/mol. The molecular formula is C19H34N4O. The second-order valence-corrected chi connectivity index (χ2v) is 6.64. The van der Waals surface area contributed by atoms with Gasteiger partial charge in [-0.25, -0.2) is 0 Å². The molecule has 0 spiro atoms. The SMILES string of the molecule is CCNC(=NCCCN(C)C1CCCCC1)NCCc1ccco1. The van der Waals surface area contributed by atoms with E-state index in [2.05, 4.69) is 34.5 Å². The van der Waals surface area contributed by atoms with Gasteiger partial charge >= 0.3 is 0 Å². The lowest BCUT2D eigenvalue weighted by molar-refractivity contribution is 0.191. The van der Waals surface area contributed by atoms with Crippen molar-refractivity contribution in [3.63, 3.8) is 0 Å². The monoisotopic (exact) mass is 334 g/mol. The van der Waals surface area contributed by atoms with Crippen LogP contribution in [0, 0.1) is 0 Å². The van der Waals surface area contributed by atoms with Crippen LogP contribution < -0.4 is 10.6 Å². The fourth-order valence-corrected chi connectivity index (χ4v) is 3.32. The van der Waals surface area contributed by atoms with Crippen molar-refractivity contribution in [3.8, 4) is 0 Å². The number of guanidine groups is 1. The molecule has 136 valence electrons. The highest BCUT2D eigenvalue weighted by atomic mass is 16.3. The minimum Gasteiger partial charge on any atom is -0.469 e. The van der Waals surface area contributed by atoms with Gasteiger partial charge in [-0.3, -0.25) is 4.99 Å². The Kier molecular flexibility index (Phi) is 8.74. The van der Waals surface area contributed by atoms with Crippen molar-refractivity contribution >= 4 is 5.96 Å². The minimum absolute atomic E-state index is 0.794. The van der Waals surface area contributed by atoms with E-state index in [-0.39, 0.29) is 0 Å². The van der Waals surface area contributed by atoms with Crippen LogP contribution in [0.5, 0.6) is 0 Å². The molecule has 1 fully saturated rings. The van der Waals surface area contributed by atoms with E-state index >= 15 is 0 Å². The van der Waals surface area contributed by atoms with Crippen LogP contribution >= 0.6 is 0 Å². The molecule has 0 saturated heterocycles. The molecule has 1 heterocycles. The van der Waals surface area contributed by atoms with Gasteiger partial charge in [-0.2, -0.15) is 0 Å². The van der Waals surface area contributed by atoms with E-state index in [1.807, 2.05) is 12.1 Å². The summed E-state index contributed by atoms with van der Waals surface area (Å²) in [5.74, 6) is 1.91. The second kappa shape index (κ2) is 11.1. The Balaban J connectivity index is 1.64. The first kappa shape index (κ1) is 18.8. The van der Waals surface area contributed by atoms with Crippen LogP contribution in [0.15, 0.2) is 27.8 Å². The molecule has 2 N–H and O–H groups in total. The number of nitrogens with one attached hydrogen (secondary N) is 2. The predicted octanol–water partition coefficient (Wildman–Crippen LogP) is 3.03. The highest BCUT2D eigenvalue weighted by Gasteiger charge is 2.17. The van der Waals surface area contributed by atoms with E-state index in [4.69, 9.17) is 4.42 Å². The number of rotatable bonds is 9. The zero-order valence-electron chi connectivity index (χ0n) is 15.4. The molecule has 2 rings (SSSR count). The molecule has 1 saturated carbocycles. The first-order valence-electron chi connectivity index (χ1n) is 9.54. The number of hydrogen-bond donors (Lipinski definition) is 2. The van der Waals surface area contributed by atoms with Gasteiger partial charge in [-0.05, 0) is 51.9 Å². The van der Waals surface area contributed by atoms with Crippen LogP contribution in [0.3, 0.4) is 0 Å². The minimum atomic E-state index is 0.794. The Labute approximate surface area is 146 Å². The fraction of sp³-hybridized carbons (Fsp3) is 0.737. The van der Waals surface area contributed by atoms with Gasteiger partial charge < -0.3 is 20.0 Å². The topological polar surface area (TPSA) is 52.8 Å². The molecule has 0 radical (unpaired) electrons. The molecule has 5 nitrogen and oxygen atoms in total. The number of nitrogens with zero attached hydrogens (tertiary/aromatic N) is 2. The zero-order valence-corrected chi connectivity index (χ0v) is 15.4. The van der Waals surface area contributed by atoms with Gasteiger partial charge in [0.25, 0.3) is 0 Å². The van der Waals surface area contributed by atoms with Crippen LogP contribution in [0.4, 0.5) is 0 Å². The number of aliphatic imine (C=N–C) groups is 1. The maximum Gasteiger partial charge on any atom is 0.191 e. The summed E-state index contributed by atoms with van der Waals surface area (Å²) in [6, 6.07) is 4.73. The summed E-state index contributed by atoms with van der Waals surface area (Å²) >= 11 is 0. The molecule has 0 aromatic carbocycles. The van der Waals surface area contributed by atoms with Crippen LogP contribution in [0.1, 0.15) is 51.2 Å². The summed E-state index contributed by atoms with van der Waals surface area (Å²) in [6.07, 6.45) is 10.7. The summed E-state index contributed by atoms with van der Waals surface area (Å²) in [6.45, 7) is 5.82. The normalized spacial score (nSPS) is 16.5. The fourth-order valence-electron chi connectivity index (χ4n) is 3.32. The van der Waals surface area contributed by atoms with Gasteiger partial charge in [0.2, 0.25) is 0 Å². The summed E-state index contributed by atoms with van der Waals surface area (Å²) in [5, 5.41) is 6.68. The van der Waals surface area contributed by atoms with Crippen molar-refractivity contribution in [2.75, 3.05) is 33.2 Å². The third-order valence-corrected chi connectivity index (χ3v) is 4.73. The lowest BCUT2D eigenvalue weighted by Crippen LogP contribution is -2.38. The van der Waals surface area contributed by atoms with Crippen molar-refractivity contribution in [2.24, 2.45) is 4.99 Å². The van der Waals surface area contributed by atoms with Crippen LogP contribution in [0.25, 0.3) is 0 Å². The Morgan fingerprint density at radius 2 is 2.12 bits per heavy atom. The van der Waals surface area contributed by atoms with E-state index < -0.39 is 0 Å².